The van der Waals surface area contributed by atoms with Gasteiger partial charge < -0.3 is 14.5 Å². The second kappa shape index (κ2) is 6.82. The number of methoxy groups -OCH3 is 1. The van der Waals surface area contributed by atoms with E-state index in [2.05, 4.69) is 20.3 Å². The number of thioether (sulfide) groups is 1. The van der Waals surface area contributed by atoms with Crippen LogP contribution in [-0.4, -0.2) is 34.9 Å². The topological polar surface area (TPSA) is 94.3 Å². The Kier molecular flexibility index (Phi) is 4.61. The van der Waals surface area contributed by atoms with E-state index in [1.165, 1.54) is 18.9 Å². The van der Waals surface area contributed by atoms with Gasteiger partial charge >= 0.3 is 5.97 Å². The fraction of sp³-hybridized carbons (Fsp3) is 0.333. The molecule has 1 aromatic heterocycles. The number of nitrogens with one attached hydrogen (secondary N) is 1. The van der Waals surface area contributed by atoms with Crippen LogP contribution in [0.25, 0.3) is 0 Å². The third kappa shape index (κ3) is 4.10. The molecule has 0 atom stereocenters. The molecule has 1 N–H and O–H groups in total. The summed E-state index contributed by atoms with van der Waals surface area (Å²) < 4.78 is 10.1. The van der Waals surface area contributed by atoms with Gasteiger partial charge in [-0.05, 0) is 37.1 Å². The first-order chi connectivity index (χ1) is 11.2. The molecule has 23 heavy (non-hydrogen) atoms. The molecule has 8 heteroatoms. The average Bonchev–Trinajstić information content (AvgIpc) is 3.31. The van der Waals surface area contributed by atoms with E-state index < -0.39 is 5.97 Å². The number of aromatic nitrogens is 2. The van der Waals surface area contributed by atoms with Crippen molar-refractivity contribution in [2.24, 2.45) is 0 Å². The molecule has 120 valence electrons. The van der Waals surface area contributed by atoms with Crippen molar-refractivity contribution >= 4 is 29.3 Å². The smallest absolute Gasteiger partial charge is 0.337 e. The molecule has 7 nitrogen and oxygen atoms in total. The van der Waals surface area contributed by atoms with Gasteiger partial charge in [0.1, 0.15) is 0 Å². The summed E-state index contributed by atoms with van der Waals surface area (Å²) >= 11 is 1.20. The number of hydrogen-bond donors (Lipinski definition) is 1. The molecule has 0 radical (unpaired) electrons. The van der Waals surface area contributed by atoms with Crippen LogP contribution in [0.1, 0.15) is 35.0 Å². The average molecular weight is 333 g/mol. The SMILES string of the molecule is COC(=O)c1ccc(NC(=O)CSc2nnc(C3CC3)o2)cc1. The van der Waals surface area contributed by atoms with Crippen molar-refractivity contribution in [1.82, 2.24) is 10.2 Å². The zero-order valence-electron chi connectivity index (χ0n) is 12.4. The van der Waals surface area contributed by atoms with Gasteiger partial charge in [-0.1, -0.05) is 11.8 Å². The standard InChI is InChI=1S/C15H15N3O4S/c1-21-14(20)10-4-6-11(7-5-10)16-12(19)8-23-15-18-17-13(22-15)9-2-3-9/h4-7,9H,2-3,8H2,1H3,(H,16,19). The Morgan fingerprint density at radius 2 is 2.04 bits per heavy atom. The molecule has 3 rings (SSSR count). The second-order valence-electron chi connectivity index (χ2n) is 5.09. The van der Waals surface area contributed by atoms with Gasteiger partial charge in [0.25, 0.3) is 5.22 Å². The van der Waals surface area contributed by atoms with E-state index in [0.29, 0.717) is 28.3 Å². The molecule has 1 fully saturated rings. The summed E-state index contributed by atoms with van der Waals surface area (Å²) in [6.07, 6.45) is 2.18. The van der Waals surface area contributed by atoms with Crippen LogP contribution in [0.15, 0.2) is 33.9 Å². The Balaban J connectivity index is 1.49. The molecule has 0 spiro atoms. The summed E-state index contributed by atoms with van der Waals surface area (Å²) in [5, 5.41) is 11.0. The molecule has 0 saturated heterocycles. The number of esters is 1. The van der Waals surface area contributed by atoms with Crippen LogP contribution in [0.4, 0.5) is 5.69 Å². The van der Waals surface area contributed by atoms with Crippen LogP contribution < -0.4 is 5.32 Å². The number of hydrogen-bond acceptors (Lipinski definition) is 7. The van der Waals surface area contributed by atoms with Crippen LogP contribution in [0.5, 0.6) is 0 Å². The van der Waals surface area contributed by atoms with E-state index in [1.54, 1.807) is 24.3 Å². The molecule has 1 aliphatic rings. The Hall–Kier alpha value is -2.35. The number of ether oxygens (including phenoxy) is 1. The zero-order chi connectivity index (χ0) is 16.2. The van der Waals surface area contributed by atoms with Gasteiger partial charge in [-0.3, -0.25) is 4.79 Å². The van der Waals surface area contributed by atoms with E-state index >= 15 is 0 Å². The maximum Gasteiger partial charge on any atom is 0.337 e. The molecule has 0 aliphatic heterocycles. The van der Waals surface area contributed by atoms with Gasteiger partial charge in [0.15, 0.2) is 0 Å². The first-order valence-corrected chi connectivity index (χ1v) is 8.08. The molecule has 0 bridgehead atoms. The molecule has 0 unspecified atom stereocenters. The van der Waals surface area contributed by atoms with Gasteiger partial charge in [-0.15, -0.1) is 10.2 Å². The predicted molar refractivity (Wildman–Crippen MR) is 83.4 cm³/mol. The number of amides is 1. The van der Waals surface area contributed by atoms with Crippen LogP contribution in [-0.2, 0) is 9.53 Å². The van der Waals surface area contributed by atoms with E-state index in [9.17, 15) is 9.59 Å². The Labute approximate surface area is 136 Å². The maximum atomic E-state index is 11.9. The highest BCUT2D eigenvalue weighted by molar-refractivity contribution is 7.99. The molecule has 1 aliphatic carbocycles. The molecular weight excluding hydrogens is 318 g/mol. The van der Waals surface area contributed by atoms with Gasteiger partial charge in [0, 0.05) is 11.6 Å². The minimum atomic E-state index is -0.415. The lowest BCUT2D eigenvalue weighted by atomic mass is 10.2. The number of carbonyl (C=O) groups excluding carboxylic acids is 2. The van der Waals surface area contributed by atoms with Crippen molar-refractivity contribution in [2.45, 2.75) is 24.0 Å². The fourth-order valence-electron chi connectivity index (χ4n) is 1.91. The third-order valence-electron chi connectivity index (χ3n) is 3.27. The quantitative estimate of drug-likeness (QED) is 0.641. The minimum absolute atomic E-state index is 0.172. The number of anilines is 1. The van der Waals surface area contributed by atoms with Crippen molar-refractivity contribution in [1.29, 1.82) is 0 Å². The van der Waals surface area contributed by atoms with Crippen molar-refractivity contribution in [3.8, 4) is 0 Å². The van der Waals surface area contributed by atoms with Gasteiger partial charge in [0.05, 0.1) is 18.4 Å². The number of rotatable bonds is 6. The molecule has 1 aromatic carbocycles. The lowest BCUT2D eigenvalue weighted by Crippen LogP contribution is -2.14. The summed E-state index contributed by atoms with van der Waals surface area (Å²) in [5.41, 5.74) is 1.03. The normalized spacial score (nSPS) is 13.6. The Bertz CT molecular complexity index is 710. The highest BCUT2D eigenvalue weighted by Gasteiger charge is 2.29. The van der Waals surface area contributed by atoms with Crippen molar-refractivity contribution in [3.63, 3.8) is 0 Å². The largest absolute Gasteiger partial charge is 0.465 e. The maximum absolute atomic E-state index is 11.9. The predicted octanol–water partition coefficient (Wildman–Crippen LogP) is 2.46. The number of nitrogens with zero attached hydrogens (tertiary/aromatic N) is 2. The van der Waals surface area contributed by atoms with E-state index in [4.69, 9.17) is 4.42 Å². The number of benzene rings is 1. The van der Waals surface area contributed by atoms with Crippen LogP contribution in [0.2, 0.25) is 0 Å². The van der Waals surface area contributed by atoms with Gasteiger partial charge in [-0.25, -0.2) is 4.79 Å². The highest BCUT2D eigenvalue weighted by Crippen LogP contribution is 2.39. The lowest BCUT2D eigenvalue weighted by Gasteiger charge is -2.05. The molecule has 1 saturated carbocycles. The fourth-order valence-corrected chi connectivity index (χ4v) is 2.48. The molecular formula is C15H15N3O4S. The Morgan fingerprint density at radius 1 is 1.30 bits per heavy atom. The van der Waals surface area contributed by atoms with Crippen molar-refractivity contribution in [2.75, 3.05) is 18.2 Å². The summed E-state index contributed by atoms with van der Waals surface area (Å²) in [7, 11) is 1.32. The van der Waals surface area contributed by atoms with Gasteiger partial charge in [-0.2, -0.15) is 0 Å². The first-order valence-electron chi connectivity index (χ1n) is 7.10. The monoisotopic (exact) mass is 333 g/mol. The lowest BCUT2D eigenvalue weighted by molar-refractivity contribution is -0.113. The molecule has 2 aromatic rings. The Morgan fingerprint density at radius 3 is 2.70 bits per heavy atom. The minimum Gasteiger partial charge on any atom is -0.465 e. The summed E-state index contributed by atoms with van der Waals surface area (Å²) in [6.45, 7) is 0. The van der Waals surface area contributed by atoms with E-state index in [-0.39, 0.29) is 11.7 Å². The van der Waals surface area contributed by atoms with Crippen LogP contribution in [0, 0.1) is 0 Å². The van der Waals surface area contributed by atoms with Crippen molar-refractivity contribution < 1.29 is 18.7 Å². The zero-order valence-corrected chi connectivity index (χ0v) is 13.3. The summed E-state index contributed by atoms with van der Waals surface area (Å²) in [5.74, 6) is 0.629. The summed E-state index contributed by atoms with van der Waals surface area (Å²) in [4.78, 5) is 23.2. The van der Waals surface area contributed by atoms with Gasteiger partial charge in [0.2, 0.25) is 11.8 Å². The third-order valence-corrected chi connectivity index (χ3v) is 4.08. The first kappa shape index (κ1) is 15.5. The highest BCUT2D eigenvalue weighted by atomic mass is 32.2. The molecule has 1 amide bonds. The summed E-state index contributed by atoms with van der Waals surface area (Å²) in [6, 6.07) is 6.47. The number of carbonyl (C=O) groups is 2. The van der Waals surface area contributed by atoms with Crippen molar-refractivity contribution in [3.05, 3.63) is 35.7 Å². The molecule has 1 heterocycles. The van der Waals surface area contributed by atoms with Crippen LogP contribution in [0.3, 0.4) is 0 Å². The van der Waals surface area contributed by atoms with E-state index in [1.807, 2.05) is 0 Å². The van der Waals surface area contributed by atoms with Crippen LogP contribution >= 0.6 is 11.8 Å². The second-order valence-corrected chi connectivity index (χ2v) is 6.01. The van der Waals surface area contributed by atoms with E-state index in [0.717, 1.165) is 12.8 Å².